The van der Waals surface area contributed by atoms with Crippen molar-refractivity contribution in [1.82, 2.24) is 4.90 Å². The molecule has 1 aliphatic rings. The standard InChI is InChI=1S/C15H19BrClNO2/c1-10(11-3-4-11)18(5-6-20-2)15(19)12-7-13(16)9-14(17)8-12/h7-11H,3-6H2,1-2H3. The van der Waals surface area contributed by atoms with Crippen LogP contribution in [-0.4, -0.2) is 37.1 Å². The van der Waals surface area contributed by atoms with E-state index in [1.807, 2.05) is 11.0 Å². The molecule has 3 nitrogen and oxygen atoms in total. The Balaban J connectivity index is 2.19. The Labute approximate surface area is 133 Å². The van der Waals surface area contributed by atoms with Crippen LogP contribution >= 0.6 is 27.5 Å². The van der Waals surface area contributed by atoms with Crippen molar-refractivity contribution < 1.29 is 9.53 Å². The van der Waals surface area contributed by atoms with Gasteiger partial charge in [0.15, 0.2) is 0 Å². The summed E-state index contributed by atoms with van der Waals surface area (Å²) in [6.07, 6.45) is 2.41. The summed E-state index contributed by atoms with van der Waals surface area (Å²) >= 11 is 9.41. The van der Waals surface area contributed by atoms with E-state index in [-0.39, 0.29) is 11.9 Å². The van der Waals surface area contributed by atoms with Crippen molar-refractivity contribution >= 4 is 33.4 Å². The van der Waals surface area contributed by atoms with E-state index in [1.54, 1.807) is 19.2 Å². The van der Waals surface area contributed by atoms with Gasteiger partial charge >= 0.3 is 0 Å². The van der Waals surface area contributed by atoms with Crippen LogP contribution in [0.25, 0.3) is 0 Å². The molecule has 0 spiro atoms. The van der Waals surface area contributed by atoms with Crippen molar-refractivity contribution in [3.8, 4) is 0 Å². The number of halogens is 2. The van der Waals surface area contributed by atoms with Crippen LogP contribution in [0.1, 0.15) is 30.1 Å². The van der Waals surface area contributed by atoms with E-state index in [2.05, 4.69) is 22.9 Å². The van der Waals surface area contributed by atoms with Crippen LogP contribution in [-0.2, 0) is 4.74 Å². The number of methoxy groups -OCH3 is 1. The first kappa shape index (κ1) is 15.8. The van der Waals surface area contributed by atoms with Gasteiger partial charge in [-0.25, -0.2) is 0 Å². The number of carbonyl (C=O) groups is 1. The number of carbonyl (C=O) groups excluding carboxylic acids is 1. The Morgan fingerprint density at radius 3 is 2.75 bits per heavy atom. The van der Waals surface area contributed by atoms with Gasteiger partial charge in [-0.3, -0.25) is 4.79 Å². The molecule has 1 unspecified atom stereocenters. The van der Waals surface area contributed by atoms with Gasteiger partial charge in [0.05, 0.1) is 6.61 Å². The summed E-state index contributed by atoms with van der Waals surface area (Å²) in [7, 11) is 1.65. The molecule has 0 bridgehead atoms. The number of benzene rings is 1. The maximum Gasteiger partial charge on any atom is 0.254 e. The molecule has 0 saturated heterocycles. The molecule has 1 aromatic rings. The summed E-state index contributed by atoms with van der Waals surface area (Å²) in [6.45, 7) is 3.27. The lowest BCUT2D eigenvalue weighted by atomic mass is 10.1. The van der Waals surface area contributed by atoms with Gasteiger partial charge in [-0.05, 0) is 43.9 Å². The van der Waals surface area contributed by atoms with Gasteiger partial charge in [0, 0.05) is 34.8 Å². The normalized spacial score (nSPS) is 16.0. The molecule has 110 valence electrons. The first-order valence-electron chi connectivity index (χ1n) is 6.79. The van der Waals surface area contributed by atoms with Crippen LogP contribution in [0.2, 0.25) is 5.02 Å². The molecule has 1 amide bonds. The minimum Gasteiger partial charge on any atom is -0.383 e. The van der Waals surface area contributed by atoms with Gasteiger partial charge in [-0.2, -0.15) is 0 Å². The molecule has 1 aromatic carbocycles. The van der Waals surface area contributed by atoms with Crippen molar-refractivity contribution in [2.24, 2.45) is 5.92 Å². The SMILES string of the molecule is COCCN(C(=O)c1cc(Cl)cc(Br)c1)C(C)C1CC1. The van der Waals surface area contributed by atoms with Crippen LogP contribution < -0.4 is 0 Å². The third-order valence-electron chi connectivity index (χ3n) is 3.70. The maximum atomic E-state index is 12.7. The molecular weight excluding hydrogens is 342 g/mol. The molecule has 1 saturated carbocycles. The number of nitrogens with zero attached hydrogens (tertiary/aromatic N) is 1. The second kappa shape index (κ2) is 6.92. The molecule has 0 N–H and O–H groups in total. The summed E-state index contributed by atoms with van der Waals surface area (Å²) < 4.78 is 5.95. The number of amides is 1. The van der Waals surface area contributed by atoms with Gasteiger partial charge in [0.2, 0.25) is 0 Å². The zero-order valence-electron chi connectivity index (χ0n) is 11.7. The fraction of sp³-hybridized carbons (Fsp3) is 0.533. The molecule has 20 heavy (non-hydrogen) atoms. The molecule has 2 rings (SSSR count). The minimum atomic E-state index is 0.0182. The van der Waals surface area contributed by atoms with Crippen molar-refractivity contribution in [2.45, 2.75) is 25.8 Å². The van der Waals surface area contributed by atoms with E-state index in [9.17, 15) is 4.79 Å². The molecule has 0 heterocycles. The van der Waals surface area contributed by atoms with E-state index < -0.39 is 0 Å². The lowest BCUT2D eigenvalue weighted by Crippen LogP contribution is -2.42. The van der Waals surface area contributed by atoms with Gasteiger partial charge in [-0.15, -0.1) is 0 Å². The highest BCUT2D eigenvalue weighted by Crippen LogP contribution is 2.35. The Hall–Kier alpha value is -0.580. The molecule has 0 aliphatic heterocycles. The van der Waals surface area contributed by atoms with Crippen molar-refractivity contribution in [2.75, 3.05) is 20.3 Å². The lowest BCUT2D eigenvalue weighted by molar-refractivity contribution is 0.0594. The van der Waals surface area contributed by atoms with Gasteiger partial charge in [-0.1, -0.05) is 27.5 Å². The van der Waals surface area contributed by atoms with Gasteiger partial charge in [0.25, 0.3) is 5.91 Å². The van der Waals surface area contributed by atoms with Gasteiger partial charge in [0.1, 0.15) is 0 Å². The largest absolute Gasteiger partial charge is 0.383 e. The highest BCUT2D eigenvalue weighted by atomic mass is 79.9. The molecule has 1 aliphatic carbocycles. The Morgan fingerprint density at radius 2 is 2.20 bits per heavy atom. The molecule has 1 atom stereocenters. The third kappa shape index (κ3) is 3.96. The fourth-order valence-corrected chi connectivity index (χ4v) is 3.22. The monoisotopic (exact) mass is 359 g/mol. The molecular formula is C15H19BrClNO2. The second-order valence-electron chi connectivity index (χ2n) is 5.23. The Morgan fingerprint density at radius 1 is 1.50 bits per heavy atom. The number of ether oxygens (including phenoxy) is 1. The number of hydrogen-bond acceptors (Lipinski definition) is 2. The predicted octanol–water partition coefficient (Wildman–Crippen LogP) is 3.99. The van der Waals surface area contributed by atoms with Crippen LogP contribution in [0.3, 0.4) is 0 Å². The minimum absolute atomic E-state index is 0.0182. The lowest BCUT2D eigenvalue weighted by Gasteiger charge is -2.29. The molecule has 0 aromatic heterocycles. The van der Waals surface area contributed by atoms with Crippen LogP contribution in [0.5, 0.6) is 0 Å². The molecule has 0 radical (unpaired) electrons. The first-order chi connectivity index (χ1) is 9.52. The maximum absolute atomic E-state index is 12.7. The Kier molecular flexibility index (Phi) is 5.47. The van der Waals surface area contributed by atoms with Crippen molar-refractivity contribution in [1.29, 1.82) is 0 Å². The van der Waals surface area contributed by atoms with Crippen LogP contribution in [0.4, 0.5) is 0 Å². The van der Waals surface area contributed by atoms with Crippen LogP contribution in [0.15, 0.2) is 22.7 Å². The quantitative estimate of drug-likeness (QED) is 0.767. The summed E-state index contributed by atoms with van der Waals surface area (Å²) in [5, 5.41) is 0.563. The summed E-state index contributed by atoms with van der Waals surface area (Å²) in [5.74, 6) is 0.642. The average Bonchev–Trinajstić information content (AvgIpc) is 3.21. The Bertz CT molecular complexity index is 471. The van der Waals surface area contributed by atoms with Crippen molar-refractivity contribution in [3.63, 3.8) is 0 Å². The zero-order valence-corrected chi connectivity index (χ0v) is 14.1. The van der Waals surface area contributed by atoms with Crippen LogP contribution in [0, 0.1) is 5.92 Å². The summed E-state index contributed by atoms with van der Waals surface area (Å²) in [4.78, 5) is 14.6. The first-order valence-corrected chi connectivity index (χ1v) is 7.96. The number of rotatable bonds is 6. The molecule has 1 fully saturated rings. The summed E-state index contributed by atoms with van der Waals surface area (Å²) in [5.41, 5.74) is 0.618. The van der Waals surface area contributed by atoms with E-state index in [1.165, 1.54) is 12.8 Å². The zero-order chi connectivity index (χ0) is 14.7. The highest BCUT2D eigenvalue weighted by Gasteiger charge is 2.34. The van der Waals surface area contributed by atoms with Gasteiger partial charge < -0.3 is 9.64 Å². The second-order valence-corrected chi connectivity index (χ2v) is 6.58. The number of hydrogen-bond donors (Lipinski definition) is 0. The average molecular weight is 361 g/mol. The summed E-state index contributed by atoms with van der Waals surface area (Å²) in [6, 6.07) is 5.56. The fourth-order valence-electron chi connectivity index (χ4n) is 2.36. The van der Waals surface area contributed by atoms with Crippen molar-refractivity contribution in [3.05, 3.63) is 33.3 Å². The highest BCUT2D eigenvalue weighted by molar-refractivity contribution is 9.10. The topological polar surface area (TPSA) is 29.5 Å². The predicted molar refractivity (Wildman–Crippen MR) is 84.3 cm³/mol. The van der Waals surface area contributed by atoms with E-state index in [4.69, 9.17) is 16.3 Å². The third-order valence-corrected chi connectivity index (χ3v) is 4.38. The molecule has 5 heteroatoms. The van der Waals surface area contributed by atoms with E-state index in [0.29, 0.717) is 29.7 Å². The van der Waals surface area contributed by atoms with E-state index >= 15 is 0 Å². The smallest absolute Gasteiger partial charge is 0.254 e. The van der Waals surface area contributed by atoms with E-state index in [0.717, 1.165) is 4.47 Å².